The Kier molecular flexibility index (Phi) is 10.6. The molecule has 0 aliphatic rings. The zero-order valence-electron chi connectivity index (χ0n) is 16.3. The van der Waals surface area contributed by atoms with Crippen molar-refractivity contribution in [3.8, 4) is 5.75 Å². The summed E-state index contributed by atoms with van der Waals surface area (Å²) in [4.78, 5) is 10.3. The van der Waals surface area contributed by atoms with Crippen molar-refractivity contribution in [3.63, 3.8) is 0 Å². The van der Waals surface area contributed by atoms with Crippen LogP contribution in [0.5, 0.6) is 5.75 Å². The lowest BCUT2D eigenvalue weighted by Gasteiger charge is -2.13. The normalized spacial score (nSPS) is 12.3. The van der Waals surface area contributed by atoms with E-state index < -0.39 is 6.10 Å². The summed E-state index contributed by atoms with van der Waals surface area (Å²) in [5, 5.41) is 18.0. The molecule has 0 aliphatic carbocycles. The van der Waals surface area contributed by atoms with Gasteiger partial charge in [0.25, 0.3) is 0 Å². The summed E-state index contributed by atoms with van der Waals surface area (Å²) in [6, 6.07) is 7.42. The lowest BCUT2D eigenvalue weighted by molar-refractivity contribution is 0.186. The van der Waals surface area contributed by atoms with E-state index in [1.807, 2.05) is 38.1 Å². The number of aliphatic hydroxyl groups excluding tert-OH is 1. The van der Waals surface area contributed by atoms with Gasteiger partial charge in [-0.15, -0.1) is 35.3 Å². The number of hydrogen-bond donors (Lipinski definition) is 3. The van der Waals surface area contributed by atoms with E-state index in [0.717, 1.165) is 41.5 Å². The zero-order valence-corrected chi connectivity index (χ0v) is 19.4. The molecule has 3 N–H and O–H groups in total. The maximum Gasteiger partial charge on any atom is 0.191 e. The van der Waals surface area contributed by atoms with E-state index >= 15 is 0 Å². The molecule has 1 atom stereocenters. The van der Waals surface area contributed by atoms with Gasteiger partial charge in [0.2, 0.25) is 0 Å². The fraction of sp³-hybridized carbons (Fsp3) is 0.474. The summed E-state index contributed by atoms with van der Waals surface area (Å²) in [6.45, 7) is 7.93. The molecular formula is C19H29IN4O2S. The van der Waals surface area contributed by atoms with Crippen LogP contribution in [0.25, 0.3) is 0 Å². The number of aliphatic imine (C=N–C) groups is 1. The number of rotatable bonds is 8. The quantitative estimate of drug-likeness (QED) is 0.293. The number of aryl methyl sites for hydroxylation is 2. The van der Waals surface area contributed by atoms with Gasteiger partial charge in [0.05, 0.1) is 30.5 Å². The first-order chi connectivity index (χ1) is 12.5. The Morgan fingerprint density at radius 3 is 2.74 bits per heavy atom. The Morgan fingerprint density at radius 2 is 2.11 bits per heavy atom. The number of benzene rings is 1. The molecule has 1 unspecified atom stereocenters. The Bertz CT molecular complexity index is 717. The average Bonchev–Trinajstić information content (AvgIpc) is 2.97. The molecule has 2 aromatic rings. The lowest BCUT2D eigenvalue weighted by Crippen LogP contribution is -2.38. The highest BCUT2D eigenvalue weighted by molar-refractivity contribution is 14.0. The highest BCUT2D eigenvalue weighted by atomic mass is 127. The largest absolute Gasteiger partial charge is 0.497 e. The third-order valence-corrected chi connectivity index (χ3v) is 5.08. The number of guanidine groups is 1. The summed E-state index contributed by atoms with van der Waals surface area (Å²) in [5.74, 6) is 1.42. The molecule has 0 saturated heterocycles. The molecule has 0 spiro atoms. The third kappa shape index (κ3) is 7.63. The fourth-order valence-electron chi connectivity index (χ4n) is 2.41. The van der Waals surface area contributed by atoms with E-state index in [0.29, 0.717) is 5.96 Å². The SMILES string of the molecule is CCNC(=NCC(O)c1cccc(OC)c1)NCCc1nc(C)c(C)s1.I. The van der Waals surface area contributed by atoms with Gasteiger partial charge < -0.3 is 20.5 Å². The molecule has 1 heterocycles. The lowest BCUT2D eigenvalue weighted by atomic mass is 10.1. The maximum absolute atomic E-state index is 10.4. The molecule has 1 aromatic heterocycles. The first kappa shape index (κ1) is 23.6. The second kappa shape index (κ2) is 12.1. The first-order valence-electron chi connectivity index (χ1n) is 8.80. The van der Waals surface area contributed by atoms with Crippen LogP contribution in [-0.2, 0) is 6.42 Å². The number of nitrogens with zero attached hydrogens (tertiary/aromatic N) is 2. The van der Waals surface area contributed by atoms with Crippen molar-refractivity contribution in [1.82, 2.24) is 15.6 Å². The smallest absolute Gasteiger partial charge is 0.191 e. The average molecular weight is 504 g/mol. The summed E-state index contributed by atoms with van der Waals surface area (Å²) in [6.07, 6.45) is 0.173. The van der Waals surface area contributed by atoms with E-state index in [1.165, 1.54) is 4.88 Å². The van der Waals surface area contributed by atoms with Gasteiger partial charge in [-0.2, -0.15) is 0 Å². The third-order valence-electron chi connectivity index (χ3n) is 3.95. The molecule has 8 heteroatoms. The summed E-state index contributed by atoms with van der Waals surface area (Å²) >= 11 is 1.74. The molecule has 0 bridgehead atoms. The minimum absolute atomic E-state index is 0. The molecule has 1 aromatic carbocycles. The molecule has 0 saturated carbocycles. The molecular weight excluding hydrogens is 475 g/mol. The maximum atomic E-state index is 10.4. The van der Waals surface area contributed by atoms with Gasteiger partial charge in [-0.25, -0.2) is 4.98 Å². The van der Waals surface area contributed by atoms with E-state index in [2.05, 4.69) is 27.5 Å². The molecule has 0 radical (unpaired) electrons. The number of methoxy groups -OCH3 is 1. The van der Waals surface area contributed by atoms with Crippen molar-refractivity contribution >= 4 is 41.3 Å². The van der Waals surface area contributed by atoms with Crippen LogP contribution in [0.15, 0.2) is 29.3 Å². The van der Waals surface area contributed by atoms with Gasteiger partial charge >= 0.3 is 0 Å². The van der Waals surface area contributed by atoms with Gasteiger partial charge in [-0.1, -0.05) is 12.1 Å². The van der Waals surface area contributed by atoms with E-state index in [9.17, 15) is 5.11 Å². The Labute approximate surface area is 182 Å². The standard InChI is InChI=1S/C19H28N4O2S.HI/c1-5-20-19(21-10-9-18-23-13(2)14(3)26-18)22-12-17(24)15-7-6-8-16(11-15)25-4;/h6-8,11,17,24H,5,9-10,12H2,1-4H3,(H2,20,21,22);1H. The van der Waals surface area contributed by atoms with Gasteiger partial charge in [0.15, 0.2) is 5.96 Å². The molecule has 6 nitrogen and oxygen atoms in total. The number of aromatic nitrogens is 1. The van der Waals surface area contributed by atoms with Crippen LogP contribution < -0.4 is 15.4 Å². The van der Waals surface area contributed by atoms with Crippen LogP contribution in [0.2, 0.25) is 0 Å². The Morgan fingerprint density at radius 1 is 1.33 bits per heavy atom. The minimum Gasteiger partial charge on any atom is -0.497 e. The van der Waals surface area contributed by atoms with Gasteiger partial charge in [0, 0.05) is 24.4 Å². The van der Waals surface area contributed by atoms with Gasteiger partial charge in [0.1, 0.15) is 5.75 Å². The highest BCUT2D eigenvalue weighted by Gasteiger charge is 2.09. The number of hydrogen-bond acceptors (Lipinski definition) is 5. The molecule has 0 fully saturated rings. The topological polar surface area (TPSA) is 78.8 Å². The highest BCUT2D eigenvalue weighted by Crippen LogP contribution is 2.19. The van der Waals surface area contributed by atoms with E-state index in [4.69, 9.17) is 4.74 Å². The predicted octanol–water partition coefficient (Wildman–Crippen LogP) is 3.22. The number of thiazole rings is 1. The van der Waals surface area contributed by atoms with Gasteiger partial charge in [-0.3, -0.25) is 4.99 Å². The van der Waals surface area contributed by atoms with E-state index in [1.54, 1.807) is 18.4 Å². The van der Waals surface area contributed by atoms with Crippen molar-refractivity contribution in [1.29, 1.82) is 0 Å². The second-order valence-corrected chi connectivity index (χ2v) is 7.23. The number of nitrogens with one attached hydrogen (secondary N) is 2. The van der Waals surface area contributed by atoms with Crippen molar-refractivity contribution in [3.05, 3.63) is 45.4 Å². The summed E-state index contributed by atoms with van der Waals surface area (Å²) < 4.78 is 5.20. The number of halogens is 1. The van der Waals surface area contributed by atoms with Crippen LogP contribution in [0.3, 0.4) is 0 Å². The minimum atomic E-state index is -0.676. The Balaban J connectivity index is 0.00000364. The van der Waals surface area contributed by atoms with Crippen molar-refractivity contribution < 1.29 is 9.84 Å². The summed E-state index contributed by atoms with van der Waals surface area (Å²) in [7, 11) is 1.61. The van der Waals surface area contributed by atoms with Crippen LogP contribution in [0.4, 0.5) is 0 Å². The van der Waals surface area contributed by atoms with Crippen molar-refractivity contribution in [2.45, 2.75) is 33.3 Å². The van der Waals surface area contributed by atoms with Crippen LogP contribution in [0, 0.1) is 13.8 Å². The second-order valence-electron chi connectivity index (χ2n) is 5.94. The fourth-order valence-corrected chi connectivity index (χ4v) is 3.34. The number of aliphatic hydroxyl groups is 1. The molecule has 2 rings (SSSR count). The monoisotopic (exact) mass is 504 g/mol. The predicted molar refractivity (Wildman–Crippen MR) is 123 cm³/mol. The molecule has 0 amide bonds. The molecule has 27 heavy (non-hydrogen) atoms. The number of ether oxygens (including phenoxy) is 1. The van der Waals surface area contributed by atoms with Crippen LogP contribution in [0.1, 0.15) is 34.2 Å². The molecule has 0 aliphatic heterocycles. The van der Waals surface area contributed by atoms with Gasteiger partial charge in [-0.05, 0) is 38.5 Å². The zero-order chi connectivity index (χ0) is 18.9. The first-order valence-corrected chi connectivity index (χ1v) is 9.62. The molecule has 150 valence electrons. The van der Waals surface area contributed by atoms with Crippen LogP contribution in [-0.4, -0.2) is 42.8 Å². The Hall–Kier alpha value is -1.39. The van der Waals surface area contributed by atoms with Crippen molar-refractivity contribution in [2.24, 2.45) is 4.99 Å². The van der Waals surface area contributed by atoms with E-state index in [-0.39, 0.29) is 30.5 Å². The van der Waals surface area contributed by atoms with Crippen LogP contribution >= 0.6 is 35.3 Å². The summed E-state index contributed by atoms with van der Waals surface area (Å²) in [5.41, 5.74) is 1.89. The van der Waals surface area contributed by atoms with Crippen molar-refractivity contribution in [2.75, 3.05) is 26.7 Å².